The zero-order valence-corrected chi connectivity index (χ0v) is 8.05. The summed E-state index contributed by atoms with van der Waals surface area (Å²) >= 11 is 6.17. The molecule has 0 spiro atoms. The van der Waals surface area contributed by atoms with Crippen LogP contribution in [0.4, 0.5) is 0 Å². The molecule has 2 unspecified atom stereocenters. The van der Waals surface area contributed by atoms with E-state index in [4.69, 9.17) is 11.2 Å². The van der Waals surface area contributed by atoms with Crippen molar-refractivity contribution >= 4 is 17.9 Å². The summed E-state index contributed by atoms with van der Waals surface area (Å²) < 4.78 is 0. The fourth-order valence-electron chi connectivity index (χ4n) is 0.810. The van der Waals surface area contributed by atoms with E-state index in [-0.39, 0.29) is 12.4 Å². The summed E-state index contributed by atoms with van der Waals surface area (Å²) in [6, 6.07) is 0. The first kappa shape index (κ1) is 9.75. The number of hydrogen-bond acceptors (Lipinski definition) is 0. The lowest BCUT2D eigenvalue weighted by molar-refractivity contribution is -0.00000170. The summed E-state index contributed by atoms with van der Waals surface area (Å²) in [6.45, 7) is 3.37. The van der Waals surface area contributed by atoms with Crippen molar-refractivity contribution in [1.82, 2.24) is 0 Å². The molecule has 2 atom stereocenters. The van der Waals surface area contributed by atoms with Crippen LogP contribution in [0.25, 0.3) is 0 Å². The maximum absolute atomic E-state index is 6.17. The molecule has 0 saturated heterocycles. The van der Waals surface area contributed by atoms with Crippen molar-refractivity contribution < 1.29 is 12.4 Å². The highest BCUT2D eigenvalue weighted by molar-refractivity contribution is 7.99. The second-order valence-corrected chi connectivity index (χ2v) is 8.28. The molecule has 0 bridgehead atoms. The van der Waals surface area contributed by atoms with Crippen molar-refractivity contribution in [1.29, 1.82) is 0 Å². The Labute approximate surface area is 68.2 Å². The van der Waals surface area contributed by atoms with E-state index in [0.29, 0.717) is 5.66 Å². The maximum Gasteiger partial charge on any atom is 0.121 e. The van der Waals surface area contributed by atoms with Gasteiger partial charge in [0, 0.05) is 0 Å². The van der Waals surface area contributed by atoms with Gasteiger partial charge in [-0.2, -0.15) is 0 Å². The van der Waals surface area contributed by atoms with Gasteiger partial charge >= 0.3 is 0 Å². The van der Waals surface area contributed by atoms with E-state index in [1.165, 1.54) is 0 Å². The minimum atomic E-state index is -1.02. The molecule has 0 fully saturated rings. The largest absolute Gasteiger partial charge is 1.00 e. The lowest BCUT2D eigenvalue weighted by Crippen LogP contribution is -3.00. The maximum atomic E-state index is 6.17. The van der Waals surface area contributed by atoms with E-state index in [0.717, 1.165) is 6.16 Å². The Balaban J connectivity index is 0.000000640. The fourth-order valence-corrected chi connectivity index (χ4v) is 2.59. The summed E-state index contributed by atoms with van der Waals surface area (Å²) in [6.07, 6.45) is 5.56. The molecule has 9 heavy (non-hydrogen) atoms. The van der Waals surface area contributed by atoms with Crippen LogP contribution in [0.5, 0.6) is 0 Å². The van der Waals surface area contributed by atoms with Crippen LogP contribution in [-0.4, -0.2) is 18.5 Å². The molecule has 0 N–H and O–H groups in total. The quantitative estimate of drug-likeness (QED) is 0.360. The first-order chi connectivity index (χ1) is 3.63. The Hall–Kier alpha value is 0.750. The predicted octanol–water partition coefficient (Wildman–Crippen LogP) is -0.250. The van der Waals surface area contributed by atoms with E-state index in [2.05, 4.69) is 25.7 Å². The fraction of sp³-hybridized carbons (Fsp3) is 0.667. The first-order valence-corrected chi connectivity index (χ1v) is 6.24. The highest BCUT2D eigenvalue weighted by Gasteiger charge is 2.37. The Morgan fingerprint density at radius 2 is 2.22 bits per heavy atom. The van der Waals surface area contributed by atoms with Gasteiger partial charge in [-0.3, -0.25) is 0 Å². The molecule has 0 nitrogen and oxygen atoms in total. The highest BCUT2D eigenvalue weighted by Crippen LogP contribution is 2.67. The minimum absolute atomic E-state index is 0. The van der Waals surface area contributed by atoms with Crippen molar-refractivity contribution in [3.8, 4) is 0 Å². The van der Waals surface area contributed by atoms with Crippen LogP contribution < -0.4 is 12.4 Å². The van der Waals surface area contributed by atoms with Gasteiger partial charge < -0.3 is 12.4 Å². The Morgan fingerprint density at radius 3 is 2.33 bits per heavy atom. The molecule has 0 aromatic heterocycles. The summed E-state index contributed by atoms with van der Waals surface area (Å²) in [4.78, 5) is 0. The van der Waals surface area contributed by atoms with Crippen LogP contribution in [0.15, 0.2) is 12.2 Å². The molecule has 3 heteroatoms. The molecular weight excluding hydrogens is 174 g/mol. The van der Waals surface area contributed by atoms with Crippen molar-refractivity contribution in [2.45, 2.75) is 12.6 Å². The lowest BCUT2D eigenvalue weighted by Gasteiger charge is -2.09. The van der Waals surface area contributed by atoms with Gasteiger partial charge in [-0.15, -0.1) is 0 Å². The van der Waals surface area contributed by atoms with Crippen molar-refractivity contribution in [3.05, 3.63) is 12.2 Å². The summed E-state index contributed by atoms with van der Waals surface area (Å²) in [5.74, 6) is 0. The molecule has 0 aliphatic carbocycles. The van der Waals surface area contributed by atoms with Gasteiger partial charge in [0.05, 0.1) is 24.1 Å². The molecule has 0 aromatic rings. The average molecular weight is 185 g/mol. The van der Waals surface area contributed by atoms with Gasteiger partial charge in [0.25, 0.3) is 0 Å². The molecule has 0 radical (unpaired) electrons. The van der Waals surface area contributed by atoms with E-state index in [1.807, 2.05) is 0 Å². The highest BCUT2D eigenvalue weighted by atomic mass is 35.7. The Bertz CT molecular complexity index is 120. The molecule has 0 amide bonds. The number of hydrogen-bond donors (Lipinski definition) is 0. The number of allylic oxidation sites excluding steroid dienone is 2. The summed E-state index contributed by atoms with van der Waals surface area (Å²) in [5.41, 5.74) is 0.657. The Kier molecular flexibility index (Phi) is 3.50. The molecule has 54 valence electrons. The molecule has 1 aliphatic rings. The first-order valence-electron chi connectivity index (χ1n) is 2.84. The normalized spacial score (nSPS) is 40.6. The van der Waals surface area contributed by atoms with Crippen molar-refractivity contribution in [2.75, 3.05) is 12.8 Å². The SMILES string of the molecule is CC1C=CC[P+]1(C)Cl.[Cl-]. The molecule has 1 aliphatic heterocycles. The third-order valence-electron chi connectivity index (χ3n) is 1.73. The van der Waals surface area contributed by atoms with E-state index in [1.54, 1.807) is 0 Å². The number of halogens is 2. The second kappa shape index (κ2) is 3.23. The number of rotatable bonds is 0. The van der Waals surface area contributed by atoms with Gasteiger partial charge in [0.1, 0.15) is 12.3 Å². The van der Waals surface area contributed by atoms with Crippen LogP contribution in [0, 0.1) is 0 Å². The topological polar surface area (TPSA) is 0 Å². The van der Waals surface area contributed by atoms with Crippen LogP contribution in [0.2, 0.25) is 0 Å². The van der Waals surface area contributed by atoms with Crippen molar-refractivity contribution in [3.63, 3.8) is 0 Å². The van der Waals surface area contributed by atoms with E-state index < -0.39 is 6.62 Å². The smallest absolute Gasteiger partial charge is 0.121 e. The van der Waals surface area contributed by atoms with Gasteiger partial charge in [-0.05, 0) is 19.1 Å². The zero-order chi connectivity index (χ0) is 6.20. The van der Waals surface area contributed by atoms with Gasteiger partial charge in [0.2, 0.25) is 0 Å². The molecular formula is C6H11Cl2P. The second-order valence-electron chi connectivity index (χ2n) is 2.49. The molecule has 1 heterocycles. The molecule has 0 saturated carbocycles. The van der Waals surface area contributed by atoms with Gasteiger partial charge in [-0.1, -0.05) is 0 Å². The van der Waals surface area contributed by atoms with Gasteiger partial charge in [0.15, 0.2) is 0 Å². The lowest BCUT2D eigenvalue weighted by atomic mass is 10.4. The third-order valence-corrected chi connectivity index (χ3v) is 5.86. The van der Waals surface area contributed by atoms with Crippen LogP contribution in [0.1, 0.15) is 6.92 Å². The predicted molar refractivity (Wildman–Crippen MR) is 42.2 cm³/mol. The summed E-state index contributed by atoms with van der Waals surface area (Å²) in [7, 11) is 0. The molecule has 0 aromatic carbocycles. The monoisotopic (exact) mass is 184 g/mol. The van der Waals surface area contributed by atoms with Gasteiger partial charge in [-0.25, -0.2) is 0 Å². The van der Waals surface area contributed by atoms with Crippen molar-refractivity contribution in [2.24, 2.45) is 0 Å². The van der Waals surface area contributed by atoms with Crippen LogP contribution >= 0.6 is 17.9 Å². The third kappa shape index (κ3) is 2.11. The minimum Gasteiger partial charge on any atom is -1.00 e. The average Bonchev–Trinajstić information content (AvgIpc) is 1.86. The van der Waals surface area contributed by atoms with E-state index >= 15 is 0 Å². The van der Waals surface area contributed by atoms with Crippen LogP contribution in [-0.2, 0) is 0 Å². The zero-order valence-electron chi connectivity index (χ0n) is 5.64. The summed E-state index contributed by atoms with van der Waals surface area (Å²) in [5, 5.41) is 0. The molecule has 1 rings (SSSR count). The van der Waals surface area contributed by atoms with E-state index in [9.17, 15) is 0 Å². The van der Waals surface area contributed by atoms with Crippen LogP contribution in [0.3, 0.4) is 0 Å². The Morgan fingerprint density at radius 1 is 1.67 bits per heavy atom. The standard InChI is InChI=1S/C6H11ClP.ClH/c1-6-4-3-5-8(6,2)7;/h3-4,6H,5H2,1-2H3;1H/q+1;/p-1.